The lowest BCUT2D eigenvalue weighted by Gasteiger charge is -2.05. The van der Waals surface area contributed by atoms with Gasteiger partial charge in [0.15, 0.2) is 0 Å². The normalized spacial score (nSPS) is 10.6. The first-order chi connectivity index (χ1) is 6.83. The summed E-state index contributed by atoms with van der Waals surface area (Å²) in [7, 11) is -0.0863. The third-order valence-electron chi connectivity index (χ3n) is 2.26. The van der Waals surface area contributed by atoms with Crippen LogP contribution in [-0.2, 0) is 6.04 Å². The van der Waals surface area contributed by atoms with E-state index >= 15 is 0 Å². The molecule has 0 aliphatic rings. The molecule has 0 fully saturated rings. The topological polar surface area (TPSA) is 40.5 Å². The zero-order valence-corrected chi connectivity index (χ0v) is 8.57. The number of aromatic hydroxyl groups is 1. The summed E-state index contributed by atoms with van der Waals surface area (Å²) >= 11 is 0. The zero-order valence-electron chi connectivity index (χ0n) is 7.57. The highest BCUT2D eigenvalue weighted by Crippen LogP contribution is 2.27. The van der Waals surface area contributed by atoms with E-state index in [0.29, 0.717) is 11.8 Å². The first kappa shape index (κ1) is 9.24. The molecule has 0 aromatic heterocycles. The molecule has 0 saturated carbocycles. The number of hydrogen-bond donors (Lipinski definition) is 2. The lowest BCUT2D eigenvalue weighted by atomic mass is 10.0. The minimum Gasteiger partial charge on any atom is -0.507 e. The highest BCUT2D eigenvalue weighted by atomic mass is 28.2. The van der Waals surface area contributed by atoms with Gasteiger partial charge in [-0.2, -0.15) is 0 Å². The number of phenols is 1. The zero-order chi connectivity index (χ0) is 9.97. The molecule has 2 radical (unpaired) electrons. The summed E-state index contributed by atoms with van der Waals surface area (Å²) in [6, 6.07) is 11.9. The van der Waals surface area contributed by atoms with Crippen molar-refractivity contribution in [2.75, 3.05) is 0 Å². The van der Waals surface area contributed by atoms with E-state index in [1.807, 2.05) is 30.3 Å². The van der Waals surface area contributed by atoms with Crippen molar-refractivity contribution in [3.8, 4) is 5.75 Å². The molecular weight excluding hydrogens is 192 g/mol. The molecule has 0 aliphatic heterocycles. The van der Waals surface area contributed by atoms with E-state index in [9.17, 15) is 5.11 Å². The fourth-order valence-corrected chi connectivity index (χ4v) is 2.06. The van der Waals surface area contributed by atoms with Crippen molar-refractivity contribution < 1.29 is 9.90 Å². The molecule has 2 N–H and O–H groups in total. The van der Waals surface area contributed by atoms with Crippen LogP contribution in [0.15, 0.2) is 36.4 Å². The van der Waals surface area contributed by atoms with Gasteiger partial charge in [0.25, 0.3) is 0 Å². The van der Waals surface area contributed by atoms with Gasteiger partial charge in [-0.05, 0) is 23.1 Å². The number of phenolic OH excluding ortho intramolecular Hbond substituents is 1. The Balaban J connectivity index is 2.68. The largest absolute Gasteiger partial charge is 0.507 e. The summed E-state index contributed by atoms with van der Waals surface area (Å²) in [4.78, 5) is 8.91. The van der Waals surface area contributed by atoms with Crippen molar-refractivity contribution in [1.82, 2.24) is 0 Å². The van der Waals surface area contributed by atoms with Gasteiger partial charge in [0, 0.05) is 5.39 Å². The third kappa shape index (κ3) is 1.52. The molecule has 3 heteroatoms. The Morgan fingerprint density at radius 2 is 1.71 bits per heavy atom. The van der Waals surface area contributed by atoms with E-state index in [4.69, 9.17) is 4.80 Å². The van der Waals surface area contributed by atoms with E-state index in [0.717, 1.165) is 16.3 Å². The first-order valence-corrected chi connectivity index (χ1v) is 5.55. The van der Waals surface area contributed by atoms with Crippen molar-refractivity contribution in [2.45, 2.75) is 6.04 Å². The highest BCUT2D eigenvalue weighted by Gasteiger charge is 2.03. The lowest BCUT2D eigenvalue weighted by molar-refractivity contribution is 0.481. The summed E-state index contributed by atoms with van der Waals surface area (Å²) in [6.07, 6.45) is 0. The van der Waals surface area contributed by atoms with E-state index in [-0.39, 0.29) is 9.76 Å². The van der Waals surface area contributed by atoms with Crippen molar-refractivity contribution in [2.24, 2.45) is 0 Å². The third-order valence-corrected chi connectivity index (χ3v) is 2.80. The quantitative estimate of drug-likeness (QED) is 0.727. The van der Waals surface area contributed by atoms with Crippen LogP contribution in [0.3, 0.4) is 0 Å². The second kappa shape index (κ2) is 3.82. The van der Waals surface area contributed by atoms with Gasteiger partial charge in [-0.3, -0.25) is 0 Å². The molecule has 2 rings (SSSR count). The van der Waals surface area contributed by atoms with Crippen LogP contribution in [0.25, 0.3) is 10.8 Å². The maximum absolute atomic E-state index is 9.60. The van der Waals surface area contributed by atoms with Gasteiger partial charge >= 0.3 is 0 Å². The highest BCUT2D eigenvalue weighted by molar-refractivity contribution is 6.25. The van der Waals surface area contributed by atoms with Gasteiger partial charge < -0.3 is 9.90 Å². The summed E-state index contributed by atoms with van der Waals surface area (Å²) in [5.74, 6) is 0.297. The van der Waals surface area contributed by atoms with Gasteiger partial charge in [0.2, 0.25) is 9.76 Å². The van der Waals surface area contributed by atoms with E-state index < -0.39 is 0 Å². The van der Waals surface area contributed by atoms with Crippen molar-refractivity contribution in [3.05, 3.63) is 42.0 Å². The molecule has 0 amide bonds. The molecule has 0 bridgehead atoms. The van der Waals surface area contributed by atoms with Crippen molar-refractivity contribution in [3.63, 3.8) is 0 Å². The van der Waals surface area contributed by atoms with E-state index in [2.05, 4.69) is 0 Å². The van der Waals surface area contributed by atoms with Crippen LogP contribution in [0, 0.1) is 0 Å². The van der Waals surface area contributed by atoms with E-state index in [1.54, 1.807) is 6.07 Å². The Morgan fingerprint density at radius 3 is 2.43 bits per heavy atom. The molecule has 0 heterocycles. The molecule has 0 saturated heterocycles. The minimum absolute atomic E-state index is 0.0863. The Kier molecular flexibility index (Phi) is 2.52. The van der Waals surface area contributed by atoms with Crippen LogP contribution < -0.4 is 0 Å². The molecule has 2 aromatic carbocycles. The smallest absolute Gasteiger partial charge is 0.229 e. The fraction of sp³-hybridized carbons (Fsp3) is 0.0909. The van der Waals surface area contributed by atoms with E-state index in [1.165, 1.54) is 0 Å². The average Bonchev–Trinajstić information content (AvgIpc) is 2.23. The molecule has 0 spiro atoms. The predicted octanol–water partition coefficient (Wildman–Crippen LogP) is 1.66. The maximum Gasteiger partial charge on any atom is 0.229 e. The van der Waals surface area contributed by atoms with Gasteiger partial charge in [0.1, 0.15) is 5.75 Å². The maximum atomic E-state index is 9.60. The number of rotatable bonds is 2. The molecule has 2 aromatic rings. The number of hydrogen-bond acceptors (Lipinski definition) is 2. The SMILES string of the molecule is O[Si]Cc1ccc(O)c2ccccc12. The Labute approximate surface area is 84.8 Å². The standard InChI is InChI=1S/C11H10O2Si/c12-11-6-5-8(7-14-13)9-3-1-2-4-10(9)11/h1-6,12-13H,7H2. The van der Waals surface area contributed by atoms with Crippen LogP contribution in [0.1, 0.15) is 5.56 Å². The monoisotopic (exact) mass is 202 g/mol. The van der Waals surface area contributed by atoms with Crippen LogP contribution in [0.2, 0.25) is 0 Å². The molecule has 70 valence electrons. The molecular formula is C11H10O2Si. The molecule has 0 atom stereocenters. The molecule has 2 nitrogen and oxygen atoms in total. The minimum atomic E-state index is -0.0863. The molecule has 0 aliphatic carbocycles. The first-order valence-electron chi connectivity index (χ1n) is 4.39. The average molecular weight is 202 g/mol. The Bertz CT molecular complexity index is 454. The number of benzene rings is 2. The summed E-state index contributed by atoms with van der Waals surface area (Å²) < 4.78 is 0. The van der Waals surface area contributed by atoms with Crippen molar-refractivity contribution >= 4 is 20.5 Å². The lowest BCUT2D eigenvalue weighted by Crippen LogP contribution is -1.95. The summed E-state index contributed by atoms with van der Waals surface area (Å²) in [6.45, 7) is 0. The van der Waals surface area contributed by atoms with Gasteiger partial charge in [-0.25, -0.2) is 0 Å². The molecule has 14 heavy (non-hydrogen) atoms. The number of fused-ring (bicyclic) bond motifs is 1. The molecule has 0 unspecified atom stereocenters. The Hall–Kier alpha value is -1.32. The predicted molar refractivity (Wildman–Crippen MR) is 57.3 cm³/mol. The fourth-order valence-electron chi connectivity index (χ4n) is 1.58. The van der Waals surface area contributed by atoms with Crippen molar-refractivity contribution in [1.29, 1.82) is 0 Å². The van der Waals surface area contributed by atoms with Gasteiger partial charge in [-0.15, -0.1) is 0 Å². The summed E-state index contributed by atoms with van der Waals surface area (Å²) in [5.41, 5.74) is 1.08. The Morgan fingerprint density at radius 1 is 1.00 bits per heavy atom. The second-order valence-corrected chi connectivity index (χ2v) is 3.79. The van der Waals surface area contributed by atoms with Crippen LogP contribution in [-0.4, -0.2) is 19.7 Å². The van der Waals surface area contributed by atoms with Gasteiger partial charge in [-0.1, -0.05) is 30.3 Å². The van der Waals surface area contributed by atoms with Crippen LogP contribution in [0.5, 0.6) is 5.75 Å². The summed E-state index contributed by atoms with van der Waals surface area (Å²) in [5, 5.41) is 11.5. The van der Waals surface area contributed by atoms with Crippen LogP contribution in [0.4, 0.5) is 0 Å². The van der Waals surface area contributed by atoms with Crippen LogP contribution >= 0.6 is 0 Å². The van der Waals surface area contributed by atoms with Gasteiger partial charge in [0.05, 0.1) is 0 Å². The second-order valence-electron chi connectivity index (χ2n) is 3.12.